The molecule has 0 spiro atoms. The first-order chi connectivity index (χ1) is 12.0. The molecule has 1 N–H and O–H groups in total. The Bertz CT molecular complexity index is 825. The molecule has 0 atom stereocenters. The van der Waals surface area contributed by atoms with Crippen LogP contribution < -0.4 is 14.8 Å². The summed E-state index contributed by atoms with van der Waals surface area (Å²) < 4.78 is 42.0. The van der Waals surface area contributed by atoms with Gasteiger partial charge in [-0.05, 0) is 30.3 Å². The van der Waals surface area contributed by atoms with Crippen molar-refractivity contribution in [1.29, 1.82) is 0 Å². The first kappa shape index (κ1) is 16.7. The molecule has 0 aromatic heterocycles. The van der Waals surface area contributed by atoms with Crippen molar-refractivity contribution in [3.05, 3.63) is 53.6 Å². The quantitative estimate of drug-likeness (QED) is 0.859. The van der Waals surface area contributed by atoms with Gasteiger partial charge in [0, 0.05) is 6.07 Å². The van der Waals surface area contributed by atoms with Crippen LogP contribution in [0.25, 0.3) is 0 Å². The average molecular weight is 349 g/mol. The Morgan fingerprint density at radius 1 is 1.04 bits per heavy atom. The van der Waals surface area contributed by atoms with Gasteiger partial charge in [0.1, 0.15) is 24.8 Å². The van der Waals surface area contributed by atoms with Crippen molar-refractivity contribution in [2.75, 3.05) is 25.1 Å². The lowest BCUT2D eigenvalue weighted by Crippen LogP contribution is -2.22. The Balaban J connectivity index is 1.58. The fourth-order valence-electron chi connectivity index (χ4n) is 2.16. The molecule has 6 nitrogen and oxygen atoms in total. The lowest BCUT2D eigenvalue weighted by atomic mass is 10.2. The maximum atomic E-state index is 13.4. The van der Waals surface area contributed by atoms with Crippen molar-refractivity contribution < 1.29 is 32.6 Å². The third kappa shape index (κ3) is 4.03. The highest BCUT2D eigenvalue weighted by atomic mass is 19.1. The van der Waals surface area contributed by atoms with Crippen molar-refractivity contribution in [2.45, 2.75) is 0 Å². The number of rotatable bonds is 4. The fourth-order valence-corrected chi connectivity index (χ4v) is 2.16. The number of halogens is 2. The number of hydrogen-bond acceptors (Lipinski definition) is 5. The Kier molecular flexibility index (Phi) is 4.78. The van der Waals surface area contributed by atoms with Gasteiger partial charge in [-0.25, -0.2) is 13.6 Å². The molecule has 130 valence electrons. The number of benzene rings is 2. The van der Waals surface area contributed by atoms with E-state index in [1.165, 1.54) is 12.1 Å². The van der Waals surface area contributed by atoms with E-state index in [4.69, 9.17) is 14.2 Å². The van der Waals surface area contributed by atoms with Gasteiger partial charge >= 0.3 is 5.97 Å². The van der Waals surface area contributed by atoms with E-state index in [0.717, 1.165) is 18.2 Å². The first-order valence-electron chi connectivity index (χ1n) is 7.34. The zero-order valence-electron chi connectivity index (χ0n) is 12.9. The number of esters is 1. The van der Waals surface area contributed by atoms with Gasteiger partial charge in [0.2, 0.25) is 0 Å². The summed E-state index contributed by atoms with van der Waals surface area (Å²) in [7, 11) is 0. The summed E-state index contributed by atoms with van der Waals surface area (Å²) in [5.74, 6) is -2.13. The summed E-state index contributed by atoms with van der Waals surface area (Å²) in [5.41, 5.74) is -0.158. The zero-order valence-corrected chi connectivity index (χ0v) is 12.9. The molecule has 1 amide bonds. The van der Waals surface area contributed by atoms with Gasteiger partial charge in [-0.1, -0.05) is 0 Å². The molecule has 0 radical (unpaired) electrons. The van der Waals surface area contributed by atoms with Crippen LogP contribution in [0.2, 0.25) is 0 Å². The molecule has 0 fully saturated rings. The maximum Gasteiger partial charge on any atom is 0.338 e. The molecular weight excluding hydrogens is 336 g/mol. The van der Waals surface area contributed by atoms with E-state index >= 15 is 0 Å². The van der Waals surface area contributed by atoms with Crippen molar-refractivity contribution in [3.63, 3.8) is 0 Å². The number of anilines is 1. The van der Waals surface area contributed by atoms with Crippen LogP contribution in [-0.2, 0) is 9.53 Å². The second kappa shape index (κ2) is 7.16. The predicted molar refractivity (Wildman–Crippen MR) is 82.7 cm³/mol. The van der Waals surface area contributed by atoms with Crippen LogP contribution in [-0.4, -0.2) is 31.7 Å². The lowest BCUT2D eigenvalue weighted by molar-refractivity contribution is -0.119. The van der Waals surface area contributed by atoms with Crippen LogP contribution in [0, 0.1) is 11.6 Å². The lowest BCUT2D eigenvalue weighted by Gasteiger charge is -2.18. The minimum Gasteiger partial charge on any atom is -0.486 e. The molecule has 1 aliphatic heterocycles. The van der Waals surface area contributed by atoms with Crippen LogP contribution >= 0.6 is 0 Å². The van der Waals surface area contributed by atoms with Crippen molar-refractivity contribution in [2.24, 2.45) is 0 Å². The normalized spacial score (nSPS) is 12.4. The summed E-state index contributed by atoms with van der Waals surface area (Å²) in [6.45, 7) is 0.143. The Morgan fingerprint density at radius 3 is 2.60 bits per heavy atom. The van der Waals surface area contributed by atoms with E-state index in [0.29, 0.717) is 24.7 Å². The predicted octanol–water partition coefficient (Wildman–Crippen LogP) is 2.53. The Labute approximate surface area is 141 Å². The van der Waals surface area contributed by atoms with E-state index in [2.05, 4.69) is 5.32 Å². The number of amides is 1. The van der Waals surface area contributed by atoms with Gasteiger partial charge in [-0.2, -0.15) is 0 Å². The topological polar surface area (TPSA) is 73.9 Å². The summed E-state index contributed by atoms with van der Waals surface area (Å²) in [5, 5.41) is 2.13. The molecule has 1 aliphatic rings. The summed E-state index contributed by atoms with van der Waals surface area (Å²) in [4.78, 5) is 23.7. The minimum absolute atomic E-state index is 0.175. The molecule has 1 heterocycles. The van der Waals surface area contributed by atoms with Gasteiger partial charge < -0.3 is 19.5 Å². The monoisotopic (exact) mass is 349 g/mol. The van der Waals surface area contributed by atoms with Crippen LogP contribution in [0.1, 0.15) is 10.4 Å². The molecule has 2 aromatic rings. The second-order valence-corrected chi connectivity index (χ2v) is 5.11. The molecule has 2 aromatic carbocycles. The molecule has 0 bridgehead atoms. The number of nitrogens with one attached hydrogen (secondary N) is 1. The highest BCUT2D eigenvalue weighted by molar-refractivity contribution is 5.95. The highest BCUT2D eigenvalue weighted by Gasteiger charge is 2.17. The van der Waals surface area contributed by atoms with Crippen LogP contribution in [0.5, 0.6) is 11.5 Å². The molecule has 0 aliphatic carbocycles. The van der Waals surface area contributed by atoms with Gasteiger partial charge in [-0.15, -0.1) is 0 Å². The number of carbonyl (C=O) groups is 2. The smallest absolute Gasteiger partial charge is 0.338 e. The maximum absolute atomic E-state index is 13.4. The van der Waals surface area contributed by atoms with E-state index in [1.54, 1.807) is 6.07 Å². The zero-order chi connectivity index (χ0) is 17.8. The average Bonchev–Trinajstić information content (AvgIpc) is 2.62. The van der Waals surface area contributed by atoms with Crippen molar-refractivity contribution in [3.8, 4) is 11.5 Å². The molecule has 0 unspecified atom stereocenters. The number of carbonyl (C=O) groups excluding carboxylic acids is 2. The number of hydrogen-bond donors (Lipinski definition) is 1. The van der Waals surface area contributed by atoms with Crippen LogP contribution in [0.15, 0.2) is 36.4 Å². The van der Waals surface area contributed by atoms with Crippen molar-refractivity contribution in [1.82, 2.24) is 0 Å². The summed E-state index contributed by atoms with van der Waals surface area (Å²) >= 11 is 0. The molecule has 0 saturated heterocycles. The van der Waals surface area contributed by atoms with Gasteiger partial charge in [0.15, 0.2) is 18.1 Å². The first-order valence-corrected chi connectivity index (χ1v) is 7.34. The largest absolute Gasteiger partial charge is 0.486 e. The molecule has 0 saturated carbocycles. The van der Waals surface area contributed by atoms with E-state index in [-0.39, 0.29) is 11.3 Å². The SMILES string of the molecule is O=C(COC(=O)c1ccc2c(c1)OCCO2)Nc1cc(F)ccc1F. The molecular formula is C17H13F2NO5. The Hall–Kier alpha value is -3.16. The third-order valence-corrected chi connectivity index (χ3v) is 3.31. The molecule has 25 heavy (non-hydrogen) atoms. The second-order valence-electron chi connectivity index (χ2n) is 5.11. The molecule has 8 heteroatoms. The summed E-state index contributed by atoms with van der Waals surface area (Å²) in [6, 6.07) is 7.11. The Morgan fingerprint density at radius 2 is 1.80 bits per heavy atom. The van der Waals surface area contributed by atoms with E-state index in [1.807, 2.05) is 0 Å². The van der Waals surface area contributed by atoms with Gasteiger partial charge in [0.25, 0.3) is 5.91 Å². The van der Waals surface area contributed by atoms with Crippen LogP contribution in [0.4, 0.5) is 14.5 Å². The standard InChI is InChI=1S/C17H13F2NO5/c18-11-2-3-12(19)13(8-11)20-16(21)9-25-17(22)10-1-4-14-15(7-10)24-6-5-23-14/h1-4,7-8H,5-6,9H2,(H,20,21). The third-order valence-electron chi connectivity index (χ3n) is 3.31. The van der Waals surface area contributed by atoms with E-state index in [9.17, 15) is 18.4 Å². The van der Waals surface area contributed by atoms with E-state index < -0.39 is 30.1 Å². The van der Waals surface area contributed by atoms with Gasteiger partial charge in [0.05, 0.1) is 11.3 Å². The highest BCUT2D eigenvalue weighted by Crippen LogP contribution is 2.30. The van der Waals surface area contributed by atoms with Crippen LogP contribution in [0.3, 0.4) is 0 Å². The number of ether oxygens (including phenoxy) is 3. The number of fused-ring (bicyclic) bond motifs is 1. The minimum atomic E-state index is -0.798. The van der Waals surface area contributed by atoms with Crippen molar-refractivity contribution >= 4 is 17.6 Å². The fraction of sp³-hybridized carbons (Fsp3) is 0.176. The molecule has 3 rings (SSSR count). The van der Waals surface area contributed by atoms with Gasteiger partial charge in [-0.3, -0.25) is 4.79 Å². The summed E-state index contributed by atoms with van der Waals surface area (Å²) in [6.07, 6.45) is 0.